The Kier molecular flexibility index (Phi) is 7.01. The Hall–Kier alpha value is -0.120. The van der Waals surface area contributed by atoms with E-state index < -0.39 is 0 Å². The van der Waals surface area contributed by atoms with Gasteiger partial charge in [0.15, 0.2) is 0 Å². The summed E-state index contributed by atoms with van der Waals surface area (Å²) < 4.78 is 0. The molecule has 0 aliphatic carbocycles. The molecule has 0 amide bonds. The summed E-state index contributed by atoms with van der Waals surface area (Å²) in [5.41, 5.74) is 0. The molecule has 0 aromatic heterocycles. The first-order valence-electron chi connectivity index (χ1n) is 6.90. The molecule has 0 aromatic carbocycles. The number of rotatable bonds is 6. The third kappa shape index (κ3) is 5.28. The van der Waals surface area contributed by atoms with E-state index in [0.29, 0.717) is 6.04 Å². The fourth-order valence-electron chi connectivity index (χ4n) is 2.41. The molecule has 2 unspecified atom stereocenters. The van der Waals surface area contributed by atoms with E-state index in [2.05, 4.69) is 24.1 Å². The van der Waals surface area contributed by atoms with Gasteiger partial charge in [0.05, 0.1) is 6.10 Å². The molecular formula is C13H28N2O. The fraction of sp³-hybridized carbons (Fsp3) is 1.00. The number of aliphatic hydroxyl groups excluding tert-OH is 1. The third-order valence-corrected chi connectivity index (χ3v) is 3.53. The standard InChI is InChI=1S/C13H28N2O/c1-3-6-13(16)11-14-12-7-5-9-15(4-2)10-8-12/h12-14,16H,3-11H2,1-2H3. The Morgan fingerprint density at radius 3 is 2.81 bits per heavy atom. The van der Waals surface area contributed by atoms with Crippen LogP contribution >= 0.6 is 0 Å². The minimum absolute atomic E-state index is 0.157. The largest absolute Gasteiger partial charge is 0.392 e. The lowest BCUT2D eigenvalue weighted by molar-refractivity contribution is 0.155. The summed E-state index contributed by atoms with van der Waals surface area (Å²) >= 11 is 0. The van der Waals surface area contributed by atoms with Crippen molar-refractivity contribution < 1.29 is 5.11 Å². The molecule has 16 heavy (non-hydrogen) atoms. The summed E-state index contributed by atoms with van der Waals surface area (Å²) in [6, 6.07) is 0.614. The molecule has 3 nitrogen and oxygen atoms in total. The Balaban J connectivity index is 2.17. The Bertz CT molecular complexity index is 175. The number of nitrogens with zero attached hydrogens (tertiary/aromatic N) is 1. The van der Waals surface area contributed by atoms with Gasteiger partial charge < -0.3 is 15.3 Å². The van der Waals surface area contributed by atoms with Crippen LogP contribution in [-0.4, -0.2) is 48.3 Å². The highest BCUT2D eigenvalue weighted by atomic mass is 16.3. The van der Waals surface area contributed by atoms with Crippen molar-refractivity contribution in [3.05, 3.63) is 0 Å². The molecule has 1 heterocycles. The zero-order valence-corrected chi connectivity index (χ0v) is 10.9. The fourth-order valence-corrected chi connectivity index (χ4v) is 2.41. The normalized spacial score (nSPS) is 25.3. The summed E-state index contributed by atoms with van der Waals surface area (Å²) in [6.07, 6.45) is 5.60. The van der Waals surface area contributed by atoms with E-state index in [1.807, 2.05) is 0 Å². The molecule has 3 heteroatoms. The van der Waals surface area contributed by atoms with E-state index in [9.17, 15) is 5.11 Å². The maximum Gasteiger partial charge on any atom is 0.0664 e. The highest BCUT2D eigenvalue weighted by Crippen LogP contribution is 2.10. The molecule has 1 aliphatic rings. The maximum absolute atomic E-state index is 9.68. The van der Waals surface area contributed by atoms with Gasteiger partial charge in [-0.25, -0.2) is 0 Å². The monoisotopic (exact) mass is 228 g/mol. The van der Waals surface area contributed by atoms with Crippen LogP contribution in [0.5, 0.6) is 0 Å². The van der Waals surface area contributed by atoms with Crippen LogP contribution in [0.3, 0.4) is 0 Å². The molecule has 1 rings (SSSR count). The van der Waals surface area contributed by atoms with Crippen LogP contribution in [0.1, 0.15) is 46.0 Å². The van der Waals surface area contributed by atoms with Gasteiger partial charge in [0.2, 0.25) is 0 Å². The van der Waals surface area contributed by atoms with E-state index in [4.69, 9.17) is 0 Å². The smallest absolute Gasteiger partial charge is 0.0664 e. The van der Waals surface area contributed by atoms with Crippen molar-refractivity contribution in [2.75, 3.05) is 26.2 Å². The van der Waals surface area contributed by atoms with Crippen LogP contribution in [-0.2, 0) is 0 Å². The van der Waals surface area contributed by atoms with Crippen LogP contribution < -0.4 is 5.32 Å². The van der Waals surface area contributed by atoms with Gasteiger partial charge in [-0.1, -0.05) is 20.3 Å². The molecule has 1 aliphatic heterocycles. The van der Waals surface area contributed by atoms with Gasteiger partial charge in [-0.05, 0) is 45.3 Å². The SMILES string of the molecule is CCCC(O)CNC1CCCN(CC)CC1. The molecule has 96 valence electrons. The molecule has 0 aromatic rings. The quantitative estimate of drug-likeness (QED) is 0.725. The van der Waals surface area contributed by atoms with Gasteiger partial charge in [0, 0.05) is 12.6 Å². The number of hydrogen-bond donors (Lipinski definition) is 2. The lowest BCUT2D eigenvalue weighted by atomic mass is 10.1. The molecule has 0 bridgehead atoms. The van der Waals surface area contributed by atoms with E-state index in [1.54, 1.807) is 0 Å². The minimum atomic E-state index is -0.157. The average Bonchev–Trinajstić information content (AvgIpc) is 2.51. The van der Waals surface area contributed by atoms with E-state index in [-0.39, 0.29) is 6.10 Å². The molecule has 0 saturated carbocycles. The van der Waals surface area contributed by atoms with Crippen LogP contribution in [0.15, 0.2) is 0 Å². The predicted octanol–water partition coefficient (Wildman–Crippen LogP) is 1.61. The Labute approximate surface area is 100 Å². The number of likely N-dealkylation sites (tertiary alicyclic amines) is 1. The van der Waals surface area contributed by atoms with Crippen molar-refractivity contribution in [3.8, 4) is 0 Å². The number of hydrogen-bond acceptors (Lipinski definition) is 3. The van der Waals surface area contributed by atoms with Crippen molar-refractivity contribution in [2.45, 2.75) is 58.1 Å². The van der Waals surface area contributed by atoms with Crippen molar-refractivity contribution in [1.29, 1.82) is 0 Å². The number of aliphatic hydroxyl groups is 1. The van der Waals surface area contributed by atoms with Crippen LogP contribution in [0.25, 0.3) is 0 Å². The lowest BCUT2D eigenvalue weighted by Crippen LogP contribution is -2.36. The average molecular weight is 228 g/mol. The first-order chi connectivity index (χ1) is 7.76. The molecule has 2 atom stereocenters. The second-order valence-electron chi connectivity index (χ2n) is 4.91. The van der Waals surface area contributed by atoms with Crippen molar-refractivity contribution in [2.24, 2.45) is 0 Å². The minimum Gasteiger partial charge on any atom is -0.392 e. The van der Waals surface area contributed by atoms with Crippen molar-refractivity contribution >= 4 is 0 Å². The van der Waals surface area contributed by atoms with Crippen LogP contribution in [0.2, 0.25) is 0 Å². The van der Waals surface area contributed by atoms with Gasteiger partial charge >= 0.3 is 0 Å². The second kappa shape index (κ2) is 8.04. The third-order valence-electron chi connectivity index (χ3n) is 3.53. The zero-order valence-electron chi connectivity index (χ0n) is 10.9. The maximum atomic E-state index is 9.68. The van der Waals surface area contributed by atoms with Gasteiger partial charge in [-0.15, -0.1) is 0 Å². The first kappa shape index (κ1) is 13.9. The summed E-state index contributed by atoms with van der Waals surface area (Å²) in [4.78, 5) is 2.52. The summed E-state index contributed by atoms with van der Waals surface area (Å²) in [5, 5.41) is 13.2. The summed E-state index contributed by atoms with van der Waals surface area (Å²) in [7, 11) is 0. The number of nitrogens with one attached hydrogen (secondary N) is 1. The molecular weight excluding hydrogens is 200 g/mol. The van der Waals surface area contributed by atoms with Gasteiger partial charge in [0.1, 0.15) is 0 Å². The van der Waals surface area contributed by atoms with Crippen molar-refractivity contribution in [3.63, 3.8) is 0 Å². The molecule has 0 spiro atoms. The van der Waals surface area contributed by atoms with Crippen LogP contribution in [0.4, 0.5) is 0 Å². The second-order valence-corrected chi connectivity index (χ2v) is 4.91. The summed E-state index contributed by atoms with van der Waals surface area (Å²) in [6.45, 7) is 8.74. The molecule has 1 saturated heterocycles. The first-order valence-corrected chi connectivity index (χ1v) is 6.90. The highest BCUT2D eigenvalue weighted by Gasteiger charge is 2.16. The van der Waals surface area contributed by atoms with Gasteiger partial charge in [-0.2, -0.15) is 0 Å². The lowest BCUT2D eigenvalue weighted by Gasteiger charge is -2.19. The Morgan fingerprint density at radius 1 is 1.31 bits per heavy atom. The molecule has 0 radical (unpaired) electrons. The molecule has 2 N–H and O–H groups in total. The van der Waals surface area contributed by atoms with Crippen molar-refractivity contribution in [1.82, 2.24) is 10.2 Å². The zero-order chi connectivity index (χ0) is 11.8. The highest BCUT2D eigenvalue weighted by molar-refractivity contribution is 4.75. The van der Waals surface area contributed by atoms with E-state index in [1.165, 1.54) is 38.9 Å². The topological polar surface area (TPSA) is 35.5 Å². The van der Waals surface area contributed by atoms with Gasteiger partial charge in [-0.3, -0.25) is 0 Å². The van der Waals surface area contributed by atoms with E-state index >= 15 is 0 Å². The summed E-state index contributed by atoms with van der Waals surface area (Å²) in [5.74, 6) is 0. The predicted molar refractivity (Wildman–Crippen MR) is 68.7 cm³/mol. The van der Waals surface area contributed by atoms with E-state index in [0.717, 1.165) is 19.4 Å². The van der Waals surface area contributed by atoms with Gasteiger partial charge in [0.25, 0.3) is 0 Å². The van der Waals surface area contributed by atoms with Crippen LogP contribution in [0, 0.1) is 0 Å². The molecule has 1 fully saturated rings. The Morgan fingerprint density at radius 2 is 2.12 bits per heavy atom.